The number of hydrogen-bond acceptors (Lipinski definition) is 3. The van der Waals surface area contributed by atoms with E-state index < -0.39 is 5.97 Å². The first-order valence-electron chi connectivity index (χ1n) is 7.87. The van der Waals surface area contributed by atoms with Gasteiger partial charge in [-0.15, -0.1) is 0 Å². The number of hydrogen-bond donors (Lipinski definition) is 1. The zero-order valence-corrected chi connectivity index (χ0v) is 14.7. The number of aryl methyl sites for hydroxylation is 3. The van der Waals surface area contributed by atoms with E-state index in [0.717, 1.165) is 22.5 Å². The van der Waals surface area contributed by atoms with Gasteiger partial charge in [0.1, 0.15) is 6.54 Å². The van der Waals surface area contributed by atoms with Gasteiger partial charge >= 0.3 is 5.97 Å². The second kappa shape index (κ2) is 6.86. The van der Waals surface area contributed by atoms with Gasteiger partial charge in [-0.1, -0.05) is 6.07 Å². The number of carbonyl (C=O) groups excluding carboxylic acids is 1. The van der Waals surface area contributed by atoms with Gasteiger partial charge in [0.15, 0.2) is 5.69 Å². The summed E-state index contributed by atoms with van der Waals surface area (Å²) >= 11 is 0. The van der Waals surface area contributed by atoms with Crippen LogP contribution in [0.3, 0.4) is 0 Å². The van der Waals surface area contributed by atoms with E-state index in [-0.39, 0.29) is 24.2 Å². The summed E-state index contributed by atoms with van der Waals surface area (Å²) in [7, 11) is 0. The lowest BCUT2D eigenvalue weighted by molar-refractivity contribution is -0.138. The van der Waals surface area contributed by atoms with Crippen LogP contribution >= 0.6 is 0 Å². The highest BCUT2D eigenvalue weighted by Gasteiger charge is 2.24. The standard InChI is InChI=1S/C18H23N3O3/c1-11(2)20(10-17(22)23)18(24)16-9-14(5)21(19-16)15-7-12(3)6-13(4)8-15/h6-9,11H,10H2,1-5H3,(H,22,23). The molecule has 0 aliphatic rings. The third-order valence-corrected chi connectivity index (χ3v) is 3.75. The topological polar surface area (TPSA) is 75.4 Å². The van der Waals surface area contributed by atoms with Crippen LogP contribution in [0.5, 0.6) is 0 Å². The number of carbonyl (C=O) groups is 2. The molecule has 0 saturated heterocycles. The molecule has 0 spiro atoms. The molecule has 6 heteroatoms. The highest BCUT2D eigenvalue weighted by atomic mass is 16.4. The van der Waals surface area contributed by atoms with Gasteiger partial charge in [-0.2, -0.15) is 5.10 Å². The maximum absolute atomic E-state index is 12.6. The van der Waals surface area contributed by atoms with E-state index in [1.165, 1.54) is 4.90 Å². The third kappa shape index (κ3) is 3.82. The summed E-state index contributed by atoms with van der Waals surface area (Å²) in [5.41, 5.74) is 4.19. The first-order chi connectivity index (χ1) is 11.2. The highest BCUT2D eigenvalue weighted by molar-refractivity contribution is 5.94. The molecule has 0 unspecified atom stereocenters. The van der Waals surface area contributed by atoms with E-state index in [2.05, 4.69) is 11.2 Å². The molecule has 1 heterocycles. The van der Waals surface area contributed by atoms with Crippen molar-refractivity contribution in [2.45, 2.75) is 40.7 Å². The average Bonchev–Trinajstić information content (AvgIpc) is 2.84. The number of amides is 1. The Hall–Kier alpha value is -2.63. The van der Waals surface area contributed by atoms with Crippen molar-refractivity contribution in [3.8, 4) is 5.69 Å². The third-order valence-electron chi connectivity index (χ3n) is 3.75. The van der Waals surface area contributed by atoms with Crippen molar-refractivity contribution in [1.29, 1.82) is 0 Å². The van der Waals surface area contributed by atoms with Crippen molar-refractivity contribution >= 4 is 11.9 Å². The van der Waals surface area contributed by atoms with E-state index in [0.29, 0.717) is 0 Å². The molecule has 2 aromatic rings. The van der Waals surface area contributed by atoms with E-state index in [1.807, 2.05) is 32.9 Å². The lowest BCUT2D eigenvalue weighted by atomic mass is 10.1. The molecule has 0 aliphatic carbocycles. The van der Waals surface area contributed by atoms with Crippen LogP contribution in [0, 0.1) is 20.8 Å². The molecule has 24 heavy (non-hydrogen) atoms. The summed E-state index contributed by atoms with van der Waals surface area (Å²) in [4.78, 5) is 24.9. The van der Waals surface area contributed by atoms with Crippen LogP contribution in [0.25, 0.3) is 5.69 Å². The van der Waals surface area contributed by atoms with Crippen molar-refractivity contribution < 1.29 is 14.7 Å². The minimum atomic E-state index is -1.04. The predicted molar refractivity (Wildman–Crippen MR) is 91.6 cm³/mol. The van der Waals surface area contributed by atoms with Gasteiger partial charge in [0, 0.05) is 11.7 Å². The first-order valence-corrected chi connectivity index (χ1v) is 7.87. The number of carboxylic acid groups (broad SMARTS) is 1. The van der Waals surface area contributed by atoms with Gasteiger partial charge in [-0.3, -0.25) is 9.59 Å². The molecule has 6 nitrogen and oxygen atoms in total. The van der Waals surface area contributed by atoms with Gasteiger partial charge in [0.2, 0.25) is 0 Å². The average molecular weight is 329 g/mol. The number of nitrogens with zero attached hydrogens (tertiary/aromatic N) is 3. The summed E-state index contributed by atoms with van der Waals surface area (Å²) in [5, 5.41) is 13.4. The molecule has 0 saturated carbocycles. The minimum absolute atomic E-state index is 0.222. The fourth-order valence-electron chi connectivity index (χ4n) is 2.70. The van der Waals surface area contributed by atoms with Gasteiger partial charge in [0.25, 0.3) is 5.91 Å². The summed E-state index contributed by atoms with van der Waals surface area (Å²) < 4.78 is 1.71. The van der Waals surface area contributed by atoms with Crippen molar-refractivity contribution in [2.75, 3.05) is 6.54 Å². The number of carboxylic acids is 1. The lowest BCUT2D eigenvalue weighted by Crippen LogP contribution is -2.40. The van der Waals surface area contributed by atoms with Crippen LogP contribution in [0.4, 0.5) is 0 Å². The van der Waals surface area contributed by atoms with Crippen LogP contribution in [0.1, 0.15) is 41.2 Å². The molecule has 0 radical (unpaired) electrons. The fourth-order valence-corrected chi connectivity index (χ4v) is 2.70. The Kier molecular flexibility index (Phi) is 5.07. The quantitative estimate of drug-likeness (QED) is 0.915. The number of aliphatic carboxylic acids is 1. The predicted octanol–water partition coefficient (Wildman–Crippen LogP) is 2.73. The summed E-state index contributed by atoms with van der Waals surface area (Å²) in [6, 6.07) is 7.54. The Morgan fingerprint density at radius 3 is 2.21 bits per heavy atom. The summed E-state index contributed by atoms with van der Waals surface area (Å²) in [6.07, 6.45) is 0. The molecular weight excluding hydrogens is 306 g/mol. The molecule has 0 bridgehead atoms. The van der Waals surface area contributed by atoms with Gasteiger partial charge in [-0.05, 0) is 63.9 Å². The van der Waals surface area contributed by atoms with Crippen molar-refractivity contribution in [3.05, 3.63) is 46.8 Å². The molecule has 2 rings (SSSR count). The Bertz CT molecular complexity index is 758. The maximum Gasteiger partial charge on any atom is 0.323 e. The molecule has 0 aliphatic heterocycles. The van der Waals surface area contributed by atoms with E-state index in [4.69, 9.17) is 5.11 Å². The Morgan fingerprint density at radius 2 is 1.71 bits per heavy atom. The summed E-state index contributed by atoms with van der Waals surface area (Å²) in [6.45, 7) is 9.12. The molecule has 1 aromatic heterocycles. The molecule has 1 aromatic carbocycles. The van der Waals surface area contributed by atoms with E-state index >= 15 is 0 Å². The van der Waals surface area contributed by atoms with Crippen molar-refractivity contribution in [1.82, 2.24) is 14.7 Å². The zero-order chi connectivity index (χ0) is 18.0. The molecule has 128 valence electrons. The van der Waals surface area contributed by atoms with Gasteiger partial charge in [0.05, 0.1) is 5.69 Å². The van der Waals surface area contributed by atoms with Gasteiger partial charge < -0.3 is 10.0 Å². The Balaban J connectivity index is 2.40. The van der Waals surface area contributed by atoms with Gasteiger partial charge in [-0.25, -0.2) is 4.68 Å². The monoisotopic (exact) mass is 329 g/mol. The van der Waals surface area contributed by atoms with Crippen LogP contribution in [0.2, 0.25) is 0 Å². The smallest absolute Gasteiger partial charge is 0.323 e. The highest BCUT2D eigenvalue weighted by Crippen LogP contribution is 2.17. The SMILES string of the molecule is Cc1cc(C)cc(-n2nc(C(=O)N(CC(=O)O)C(C)C)cc2C)c1. The lowest BCUT2D eigenvalue weighted by Gasteiger charge is -2.23. The van der Waals surface area contributed by atoms with Crippen molar-refractivity contribution in [2.24, 2.45) is 0 Å². The molecule has 0 atom stereocenters. The van der Waals surface area contributed by atoms with E-state index in [1.54, 1.807) is 24.6 Å². The second-order valence-electron chi connectivity index (χ2n) is 6.35. The Labute approximate surface area is 141 Å². The van der Waals surface area contributed by atoms with E-state index in [9.17, 15) is 9.59 Å². The number of benzene rings is 1. The largest absolute Gasteiger partial charge is 0.480 e. The second-order valence-corrected chi connectivity index (χ2v) is 6.35. The maximum atomic E-state index is 12.6. The molecule has 0 fully saturated rings. The number of aromatic nitrogens is 2. The summed E-state index contributed by atoms with van der Waals surface area (Å²) in [5.74, 6) is -1.42. The fraction of sp³-hybridized carbons (Fsp3) is 0.389. The molecule has 1 amide bonds. The number of rotatable bonds is 5. The van der Waals surface area contributed by atoms with Crippen molar-refractivity contribution in [3.63, 3.8) is 0 Å². The first kappa shape index (κ1) is 17.7. The van der Waals surface area contributed by atoms with Crippen LogP contribution in [-0.2, 0) is 4.79 Å². The normalized spacial score (nSPS) is 10.9. The Morgan fingerprint density at radius 1 is 1.12 bits per heavy atom. The van der Waals surface area contributed by atoms with Crippen LogP contribution in [-0.4, -0.2) is 44.3 Å². The minimum Gasteiger partial charge on any atom is -0.480 e. The van der Waals surface area contributed by atoms with Crippen LogP contribution in [0.15, 0.2) is 24.3 Å². The molecular formula is C18H23N3O3. The molecule has 1 N–H and O–H groups in total. The zero-order valence-electron chi connectivity index (χ0n) is 14.7. The van der Waals surface area contributed by atoms with Crippen LogP contribution < -0.4 is 0 Å².